The molecule has 1 aromatic carbocycles. The highest BCUT2D eigenvalue weighted by molar-refractivity contribution is 7.99. The van der Waals surface area contributed by atoms with Gasteiger partial charge in [-0.3, -0.25) is 4.79 Å². The van der Waals surface area contributed by atoms with Crippen molar-refractivity contribution in [3.63, 3.8) is 0 Å². The third-order valence-electron chi connectivity index (χ3n) is 2.85. The van der Waals surface area contributed by atoms with Crippen molar-refractivity contribution in [3.8, 4) is 17.1 Å². The monoisotopic (exact) mass is 306 g/mol. The minimum atomic E-state index is -0.213. The van der Waals surface area contributed by atoms with Crippen LogP contribution in [0.1, 0.15) is 17.4 Å². The lowest BCUT2D eigenvalue weighted by molar-refractivity contribution is 0.0947. The second kappa shape index (κ2) is 7.73. The Bertz CT molecular complexity index is 581. The molecule has 1 heterocycles. The molecule has 1 N–H and O–H groups in total. The summed E-state index contributed by atoms with van der Waals surface area (Å²) in [6.45, 7) is 2.72. The molecule has 21 heavy (non-hydrogen) atoms. The summed E-state index contributed by atoms with van der Waals surface area (Å²) in [4.78, 5) is 11.9. The fourth-order valence-electron chi connectivity index (χ4n) is 1.75. The summed E-state index contributed by atoms with van der Waals surface area (Å²) in [6, 6.07) is 9.03. The number of carbonyl (C=O) groups is 1. The molecular formula is C15H18N2O3S. The fraction of sp³-hybridized carbons (Fsp3) is 0.333. The Hall–Kier alpha value is -1.95. The van der Waals surface area contributed by atoms with Crippen molar-refractivity contribution < 1.29 is 14.1 Å². The summed E-state index contributed by atoms with van der Waals surface area (Å²) in [5.74, 6) is 3.05. The van der Waals surface area contributed by atoms with E-state index in [0.717, 1.165) is 22.8 Å². The second-order valence-electron chi connectivity index (χ2n) is 4.26. The number of amides is 1. The quantitative estimate of drug-likeness (QED) is 0.797. The molecule has 0 radical (unpaired) electrons. The van der Waals surface area contributed by atoms with E-state index < -0.39 is 0 Å². The van der Waals surface area contributed by atoms with E-state index in [0.29, 0.717) is 18.0 Å². The highest BCUT2D eigenvalue weighted by atomic mass is 32.2. The van der Waals surface area contributed by atoms with Crippen LogP contribution in [0.15, 0.2) is 34.9 Å². The largest absolute Gasteiger partial charge is 0.497 e. The number of hydrogen-bond donors (Lipinski definition) is 1. The van der Waals surface area contributed by atoms with Crippen molar-refractivity contribution in [1.29, 1.82) is 0 Å². The number of rotatable bonds is 7. The van der Waals surface area contributed by atoms with E-state index in [2.05, 4.69) is 17.4 Å². The van der Waals surface area contributed by atoms with Gasteiger partial charge in [0, 0.05) is 23.9 Å². The second-order valence-corrected chi connectivity index (χ2v) is 5.65. The SMILES string of the molecule is CCSCCNC(=O)c1cc(-c2ccc(OC)cc2)on1. The van der Waals surface area contributed by atoms with Gasteiger partial charge in [0.05, 0.1) is 7.11 Å². The maximum absolute atomic E-state index is 11.9. The first-order valence-electron chi connectivity index (χ1n) is 6.71. The van der Waals surface area contributed by atoms with Gasteiger partial charge in [-0.05, 0) is 30.0 Å². The molecule has 5 nitrogen and oxygen atoms in total. The lowest BCUT2D eigenvalue weighted by Crippen LogP contribution is -2.25. The molecule has 112 valence electrons. The summed E-state index contributed by atoms with van der Waals surface area (Å²) >= 11 is 1.78. The molecular weight excluding hydrogens is 288 g/mol. The summed E-state index contributed by atoms with van der Waals surface area (Å²) < 4.78 is 10.3. The van der Waals surface area contributed by atoms with E-state index in [1.807, 2.05) is 24.3 Å². The molecule has 0 fully saturated rings. The van der Waals surface area contributed by atoms with Crippen molar-refractivity contribution in [2.24, 2.45) is 0 Å². The number of aromatic nitrogens is 1. The molecule has 2 aromatic rings. The van der Waals surface area contributed by atoms with Gasteiger partial charge in [-0.2, -0.15) is 11.8 Å². The number of ether oxygens (including phenoxy) is 1. The maximum Gasteiger partial charge on any atom is 0.273 e. The van der Waals surface area contributed by atoms with Crippen LogP contribution in [-0.2, 0) is 0 Å². The van der Waals surface area contributed by atoms with E-state index in [9.17, 15) is 4.79 Å². The van der Waals surface area contributed by atoms with E-state index in [1.165, 1.54) is 0 Å². The first-order valence-corrected chi connectivity index (χ1v) is 7.87. The molecule has 1 aromatic heterocycles. The van der Waals surface area contributed by atoms with Crippen LogP contribution in [0.3, 0.4) is 0 Å². The summed E-state index contributed by atoms with van der Waals surface area (Å²) in [5.41, 5.74) is 1.14. The Morgan fingerprint density at radius 2 is 2.14 bits per heavy atom. The van der Waals surface area contributed by atoms with E-state index >= 15 is 0 Å². The third kappa shape index (κ3) is 4.26. The number of nitrogens with one attached hydrogen (secondary N) is 1. The highest BCUT2D eigenvalue weighted by Gasteiger charge is 2.13. The van der Waals surface area contributed by atoms with Crippen molar-refractivity contribution in [2.45, 2.75) is 6.92 Å². The summed E-state index contributed by atoms with van der Waals surface area (Å²) in [7, 11) is 1.61. The molecule has 1 amide bonds. The van der Waals surface area contributed by atoms with Crippen molar-refractivity contribution in [1.82, 2.24) is 10.5 Å². The van der Waals surface area contributed by atoms with Gasteiger partial charge in [-0.15, -0.1) is 0 Å². The molecule has 0 aliphatic carbocycles. The highest BCUT2D eigenvalue weighted by Crippen LogP contribution is 2.23. The Morgan fingerprint density at radius 1 is 1.38 bits per heavy atom. The third-order valence-corrected chi connectivity index (χ3v) is 3.75. The number of nitrogens with zero attached hydrogens (tertiary/aromatic N) is 1. The zero-order chi connectivity index (χ0) is 15.1. The smallest absolute Gasteiger partial charge is 0.273 e. The van der Waals surface area contributed by atoms with Gasteiger partial charge in [-0.1, -0.05) is 12.1 Å². The molecule has 0 atom stereocenters. The normalized spacial score (nSPS) is 10.4. The molecule has 2 rings (SSSR count). The van der Waals surface area contributed by atoms with Gasteiger partial charge in [0.1, 0.15) is 5.75 Å². The minimum absolute atomic E-state index is 0.213. The van der Waals surface area contributed by atoms with Crippen LogP contribution < -0.4 is 10.1 Å². The van der Waals surface area contributed by atoms with Crippen LogP contribution in [0.4, 0.5) is 0 Å². The zero-order valence-corrected chi connectivity index (χ0v) is 12.9. The van der Waals surface area contributed by atoms with Crippen LogP contribution >= 0.6 is 11.8 Å². The number of methoxy groups -OCH3 is 1. The van der Waals surface area contributed by atoms with Gasteiger partial charge in [0.15, 0.2) is 11.5 Å². The summed E-state index contributed by atoms with van der Waals surface area (Å²) in [6.07, 6.45) is 0. The van der Waals surface area contributed by atoms with Crippen molar-refractivity contribution >= 4 is 17.7 Å². The van der Waals surface area contributed by atoms with Gasteiger partial charge in [0.25, 0.3) is 5.91 Å². The molecule has 0 saturated heterocycles. The Labute approximate surface area is 128 Å². The molecule has 0 aliphatic heterocycles. The molecule has 6 heteroatoms. The van der Waals surface area contributed by atoms with Gasteiger partial charge < -0.3 is 14.6 Å². The topological polar surface area (TPSA) is 64.4 Å². The van der Waals surface area contributed by atoms with Gasteiger partial charge in [-0.25, -0.2) is 0 Å². The minimum Gasteiger partial charge on any atom is -0.497 e. The first-order chi connectivity index (χ1) is 10.2. The van der Waals surface area contributed by atoms with Crippen LogP contribution in [0, 0.1) is 0 Å². The number of benzene rings is 1. The van der Waals surface area contributed by atoms with Crippen molar-refractivity contribution in [3.05, 3.63) is 36.0 Å². The predicted octanol–water partition coefficient (Wildman–Crippen LogP) is 2.83. The van der Waals surface area contributed by atoms with E-state index in [1.54, 1.807) is 24.9 Å². The fourth-order valence-corrected chi connectivity index (χ4v) is 2.28. The van der Waals surface area contributed by atoms with Crippen molar-refractivity contribution in [2.75, 3.05) is 25.2 Å². The first kappa shape index (κ1) is 15.4. The molecule has 0 unspecified atom stereocenters. The average Bonchev–Trinajstić information content (AvgIpc) is 3.01. The molecule has 0 aliphatic rings. The molecule has 0 spiro atoms. The lowest BCUT2D eigenvalue weighted by atomic mass is 10.1. The summed E-state index contributed by atoms with van der Waals surface area (Å²) in [5, 5.41) is 6.62. The zero-order valence-electron chi connectivity index (χ0n) is 12.1. The number of hydrogen-bond acceptors (Lipinski definition) is 5. The predicted molar refractivity (Wildman–Crippen MR) is 83.8 cm³/mol. The van der Waals surface area contributed by atoms with Gasteiger partial charge >= 0.3 is 0 Å². The number of carbonyl (C=O) groups excluding carboxylic acids is 1. The lowest BCUT2D eigenvalue weighted by Gasteiger charge is -2.00. The van der Waals surface area contributed by atoms with Gasteiger partial charge in [0.2, 0.25) is 0 Å². The van der Waals surface area contributed by atoms with E-state index in [4.69, 9.17) is 9.26 Å². The van der Waals surface area contributed by atoms with E-state index in [-0.39, 0.29) is 5.91 Å². The molecule has 0 bridgehead atoms. The Kier molecular flexibility index (Phi) is 5.68. The molecule has 0 saturated carbocycles. The Balaban J connectivity index is 1.98. The van der Waals surface area contributed by atoms with Crippen LogP contribution in [0.5, 0.6) is 5.75 Å². The van der Waals surface area contributed by atoms with Crippen LogP contribution in [-0.4, -0.2) is 36.2 Å². The maximum atomic E-state index is 11.9. The number of thioether (sulfide) groups is 1. The van der Waals surface area contributed by atoms with Crippen LogP contribution in [0.25, 0.3) is 11.3 Å². The van der Waals surface area contributed by atoms with Crippen LogP contribution in [0.2, 0.25) is 0 Å². The Morgan fingerprint density at radius 3 is 2.81 bits per heavy atom. The standard InChI is InChI=1S/C15H18N2O3S/c1-3-21-9-8-16-15(18)13-10-14(20-17-13)11-4-6-12(19-2)7-5-11/h4-7,10H,3,8-9H2,1-2H3,(H,16,18). The average molecular weight is 306 g/mol.